The summed E-state index contributed by atoms with van der Waals surface area (Å²) in [6.07, 6.45) is 0. The highest BCUT2D eigenvalue weighted by Crippen LogP contribution is 2.68. The number of hydrogen-bond acceptors (Lipinski definition) is 1. The van der Waals surface area contributed by atoms with Gasteiger partial charge in [-0.1, -0.05) is 158 Å². The number of nitrogens with zero attached hydrogens (tertiary/aromatic N) is 1. The summed E-state index contributed by atoms with van der Waals surface area (Å²) in [7, 11) is -1.88. The number of aryl methyl sites for hydroxylation is 2. The normalized spacial score (nSPS) is 11.6. The zero-order chi connectivity index (χ0) is 29.6. The predicted octanol–water partition coefficient (Wildman–Crippen LogP) is 9.38. The van der Waals surface area contributed by atoms with Gasteiger partial charge in [-0.05, 0) is 81.1 Å². The molecular weight excluding hydrogens is 556 g/mol. The molecule has 3 heteroatoms. The topological polar surface area (TPSA) is 3.24 Å². The zero-order valence-electron chi connectivity index (χ0n) is 25.0. The smallest absolute Gasteiger partial charge is 0.0972 e. The van der Waals surface area contributed by atoms with Crippen LogP contribution in [0.4, 0.5) is 11.4 Å². The Bertz CT molecular complexity index is 1550. The fraction of sp³-hybridized carbons (Fsp3) is 0.100. The first kappa shape index (κ1) is 29.1. The first-order valence-corrected chi connectivity index (χ1v) is 17.5. The van der Waals surface area contributed by atoms with Crippen LogP contribution in [0.15, 0.2) is 170 Å². The van der Waals surface area contributed by atoms with E-state index < -0.39 is 15.8 Å². The highest BCUT2D eigenvalue weighted by Gasteiger charge is 2.50. The van der Waals surface area contributed by atoms with Gasteiger partial charge in [0.15, 0.2) is 0 Å². The quantitative estimate of drug-likeness (QED) is 0.151. The van der Waals surface area contributed by atoms with Crippen LogP contribution in [0, 0.1) is 13.8 Å². The number of rotatable bonds is 9. The van der Waals surface area contributed by atoms with E-state index in [1.54, 1.807) is 0 Å². The van der Waals surface area contributed by atoms with Crippen molar-refractivity contribution in [3.63, 3.8) is 0 Å². The van der Waals surface area contributed by atoms with Crippen LogP contribution < -0.4 is 26.1 Å². The Morgan fingerprint density at radius 2 is 0.628 bits per heavy atom. The monoisotopic (exact) mass is 593 g/mol. The Morgan fingerprint density at radius 3 is 0.907 bits per heavy atom. The van der Waals surface area contributed by atoms with Crippen molar-refractivity contribution in [2.24, 2.45) is 0 Å². The van der Waals surface area contributed by atoms with E-state index in [1.807, 2.05) is 0 Å². The summed E-state index contributed by atoms with van der Waals surface area (Å²) in [6.45, 7) is 7.05. The van der Waals surface area contributed by atoms with Crippen LogP contribution in [-0.4, -0.2) is 5.02 Å². The molecule has 43 heavy (non-hydrogen) atoms. The van der Waals surface area contributed by atoms with Crippen LogP contribution >= 0.6 is 15.8 Å². The van der Waals surface area contributed by atoms with Crippen molar-refractivity contribution < 1.29 is 0 Å². The van der Waals surface area contributed by atoms with E-state index in [1.165, 1.54) is 43.7 Å². The molecule has 6 aromatic rings. The Hall–Kier alpha value is -4.02. The molecule has 0 heterocycles. The second-order valence-electron chi connectivity index (χ2n) is 10.9. The molecule has 6 aromatic carbocycles. The molecule has 0 spiro atoms. The maximum Gasteiger partial charge on any atom is 0.0972 e. The van der Waals surface area contributed by atoms with E-state index in [4.69, 9.17) is 0 Å². The van der Waals surface area contributed by atoms with Gasteiger partial charge in [-0.2, -0.15) is 0 Å². The molecule has 0 N–H and O–H groups in total. The van der Waals surface area contributed by atoms with E-state index in [0.29, 0.717) is 0 Å². The Kier molecular flexibility index (Phi) is 8.85. The van der Waals surface area contributed by atoms with E-state index in [9.17, 15) is 0 Å². The zero-order valence-corrected chi connectivity index (χ0v) is 26.8. The highest BCUT2D eigenvalue weighted by molar-refractivity contribution is 7.91. The first-order valence-electron chi connectivity index (χ1n) is 14.8. The van der Waals surface area contributed by atoms with Gasteiger partial charge >= 0.3 is 0 Å². The van der Waals surface area contributed by atoms with Gasteiger partial charge in [-0.3, -0.25) is 0 Å². The summed E-state index contributed by atoms with van der Waals surface area (Å²) in [6, 6.07) is 62.7. The molecule has 0 aromatic heterocycles. The number of benzene rings is 6. The van der Waals surface area contributed by atoms with Crippen molar-refractivity contribution >= 4 is 48.4 Å². The summed E-state index contributed by atoms with van der Waals surface area (Å²) >= 11 is 0. The van der Waals surface area contributed by atoms with Gasteiger partial charge in [0.2, 0.25) is 0 Å². The maximum absolute atomic E-state index is 2.72. The van der Waals surface area contributed by atoms with Crippen LogP contribution in [0.1, 0.15) is 18.1 Å². The molecule has 0 aliphatic heterocycles. The van der Waals surface area contributed by atoms with Crippen LogP contribution in [0.25, 0.3) is 0 Å². The molecular formula is C40H37NP2. The van der Waals surface area contributed by atoms with Crippen molar-refractivity contribution in [1.29, 1.82) is 0 Å². The summed E-state index contributed by atoms with van der Waals surface area (Å²) in [5.41, 5.74) is 5.03. The minimum atomic E-state index is -0.940. The molecule has 0 aliphatic rings. The first-order chi connectivity index (χ1) is 21.1. The van der Waals surface area contributed by atoms with Gasteiger partial charge in [-0.15, -0.1) is 0 Å². The lowest BCUT2D eigenvalue weighted by Crippen LogP contribution is -2.49. The van der Waals surface area contributed by atoms with Gasteiger partial charge in [0.05, 0.1) is 5.02 Å². The molecule has 0 aliphatic carbocycles. The van der Waals surface area contributed by atoms with E-state index >= 15 is 0 Å². The third kappa shape index (κ3) is 5.81. The fourth-order valence-corrected chi connectivity index (χ4v) is 13.5. The molecule has 0 fully saturated rings. The predicted molar refractivity (Wildman–Crippen MR) is 191 cm³/mol. The van der Waals surface area contributed by atoms with Gasteiger partial charge in [0, 0.05) is 11.4 Å². The number of hydrogen-bond donors (Lipinski definition) is 0. The minimum absolute atomic E-state index is 0.381. The lowest BCUT2D eigenvalue weighted by molar-refractivity contribution is 0.869. The molecule has 212 valence electrons. The lowest BCUT2D eigenvalue weighted by atomic mass is 10.1. The molecule has 0 bridgehead atoms. The van der Waals surface area contributed by atoms with Gasteiger partial charge in [-0.25, -0.2) is 0 Å². The molecule has 0 unspecified atom stereocenters. The van der Waals surface area contributed by atoms with Crippen LogP contribution in [0.2, 0.25) is 0 Å². The molecule has 0 saturated carbocycles. The highest BCUT2D eigenvalue weighted by atomic mass is 31.2. The summed E-state index contributed by atoms with van der Waals surface area (Å²) in [4.78, 5) is 2.72. The third-order valence-corrected chi connectivity index (χ3v) is 14.6. The molecule has 1 nitrogen and oxygen atoms in total. The fourth-order valence-electron chi connectivity index (χ4n) is 6.10. The molecule has 6 rings (SSSR count). The Balaban J connectivity index is 1.79. The van der Waals surface area contributed by atoms with Gasteiger partial charge < -0.3 is 4.90 Å². The number of para-hydroxylation sites is 2. The maximum atomic E-state index is 2.72. The third-order valence-electron chi connectivity index (χ3n) is 8.04. The number of anilines is 2. The van der Waals surface area contributed by atoms with Gasteiger partial charge in [0.1, 0.15) is 0 Å². The SMILES string of the molecule is Cc1ccccc1N(c1ccccc1C)C(C)(P(c1ccccc1)c1ccccc1)P(c1ccccc1)c1ccccc1. The molecule has 0 radical (unpaired) electrons. The largest absolute Gasteiger partial charge is 0.326 e. The van der Waals surface area contributed by atoms with Crippen LogP contribution in [0.5, 0.6) is 0 Å². The van der Waals surface area contributed by atoms with E-state index in [0.717, 1.165) is 0 Å². The van der Waals surface area contributed by atoms with Gasteiger partial charge in [0.25, 0.3) is 0 Å². The van der Waals surface area contributed by atoms with E-state index in [2.05, 4.69) is 196 Å². The van der Waals surface area contributed by atoms with Crippen molar-refractivity contribution in [3.05, 3.63) is 181 Å². The minimum Gasteiger partial charge on any atom is -0.326 e. The van der Waals surface area contributed by atoms with Crippen molar-refractivity contribution in [3.8, 4) is 0 Å². The lowest BCUT2D eigenvalue weighted by Gasteiger charge is -2.53. The van der Waals surface area contributed by atoms with Crippen LogP contribution in [0.3, 0.4) is 0 Å². The second kappa shape index (κ2) is 13.1. The van der Waals surface area contributed by atoms with Crippen molar-refractivity contribution in [2.45, 2.75) is 25.8 Å². The van der Waals surface area contributed by atoms with Crippen molar-refractivity contribution in [1.82, 2.24) is 0 Å². The summed E-state index contributed by atoms with van der Waals surface area (Å²) in [5.74, 6) is 0. The average Bonchev–Trinajstić information content (AvgIpc) is 3.05. The second-order valence-corrected chi connectivity index (χ2v) is 16.4. The standard InChI is InChI=1S/C40H37NP2/c1-32-20-16-18-30-38(32)41(39-31-19-17-21-33(39)2)40(3,42(34-22-8-4-9-23-34)35-24-10-5-11-25-35)43(36-26-12-6-13-27-36)37-28-14-7-15-29-37/h4-31H,1-3H3. The average molecular weight is 594 g/mol. The summed E-state index contributed by atoms with van der Waals surface area (Å²) < 4.78 is 0. The van der Waals surface area contributed by atoms with Crippen molar-refractivity contribution in [2.75, 3.05) is 4.90 Å². The summed E-state index contributed by atoms with van der Waals surface area (Å²) in [5, 5.41) is 5.11. The Labute approximate surface area is 259 Å². The molecule has 0 saturated heterocycles. The van der Waals surface area contributed by atoms with E-state index in [-0.39, 0.29) is 5.02 Å². The Morgan fingerprint density at radius 1 is 0.372 bits per heavy atom. The molecule has 0 amide bonds. The molecule has 0 atom stereocenters. The van der Waals surface area contributed by atoms with Crippen LogP contribution in [-0.2, 0) is 0 Å².